The Labute approximate surface area is 542 Å². The van der Waals surface area contributed by atoms with Crippen LogP contribution in [0.25, 0.3) is 0 Å². The van der Waals surface area contributed by atoms with Crippen LogP contribution in [-0.2, 0) is 0 Å². The minimum absolute atomic E-state index is 0.0876. The average molecular weight is 1200 g/mol. The fourth-order valence-corrected chi connectivity index (χ4v) is 12.4. The molecule has 8 nitrogen and oxygen atoms in total. The molecule has 0 N–H and O–H groups in total. The Balaban J connectivity index is 0.000000154. The van der Waals surface area contributed by atoms with Crippen molar-refractivity contribution in [3.05, 3.63) is 370 Å². The zero-order chi connectivity index (χ0) is 62.1. The smallest absolute Gasteiger partial charge is 0.260 e. The normalized spacial score (nSPS) is 11.4. The first-order valence-corrected chi connectivity index (χ1v) is 31.2. The van der Waals surface area contributed by atoms with Gasteiger partial charge in [-0.1, -0.05) is 218 Å². The summed E-state index contributed by atoms with van der Waals surface area (Å²) in [4.78, 5) is 9.03. The minimum Gasteiger partial charge on any atom is -0.456 e. The molecule has 0 fully saturated rings. The van der Waals surface area contributed by atoms with E-state index in [1.165, 1.54) is 0 Å². The second-order valence-corrected chi connectivity index (χ2v) is 22.3. The molecule has 2 aliphatic rings. The molecule has 0 atom stereocenters. The highest BCUT2D eigenvalue weighted by molar-refractivity contribution is 6.98. The highest BCUT2D eigenvalue weighted by Crippen LogP contribution is 2.54. The van der Waals surface area contributed by atoms with Crippen LogP contribution in [0.3, 0.4) is 0 Å². The number of hydrogen-bond donors (Lipinski definition) is 0. The Morgan fingerprint density at radius 2 is 0.452 bits per heavy atom. The van der Waals surface area contributed by atoms with Crippen LogP contribution in [-0.4, -0.2) is 6.71 Å². The first-order valence-electron chi connectivity index (χ1n) is 31.2. The van der Waals surface area contributed by atoms with Gasteiger partial charge in [0.25, 0.3) is 6.71 Å². The number of ether oxygens (including phenoxy) is 4. The van der Waals surface area contributed by atoms with Crippen LogP contribution >= 0.6 is 0 Å². The zero-order valence-corrected chi connectivity index (χ0v) is 50.7. The van der Waals surface area contributed by atoms with Crippen LogP contribution in [0.4, 0.5) is 68.2 Å². The number of anilines is 12. The van der Waals surface area contributed by atoms with Gasteiger partial charge in [-0.15, -0.1) is 0 Å². The summed E-state index contributed by atoms with van der Waals surface area (Å²) in [7, 11) is 0. The predicted molar refractivity (Wildman–Crippen MR) is 382 cm³/mol. The van der Waals surface area contributed by atoms with E-state index in [1.807, 2.05) is 103 Å². The van der Waals surface area contributed by atoms with Crippen molar-refractivity contribution in [2.24, 2.45) is 0 Å². The predicted octanol–water partition coefficient (Wildman–Crippen LogP) is 21.6. The van der Waals surface area contributed by atoms with Crippen molar-refractivity contribution >= 4 is 91.3 Å². The summed E-state index contributed by atoms with van der Waals surface area (Å²) in [5, 5.41) is 0. The maximum absolute atomic E-state index is 7.00. The maximum Gasteiger partial charge on any atom is 0.260 e. The van der Waals surface area contributed by atoms with E-state index in [-0.39, 0.29) is 6.71 Å². The van der Waals surface area contributed by atoms with Crippen LogP contribution < -0.4 is 54.9 Å². The summed E-state index contributed by atoms with van der Waals surface area (Å²) < 4.78 is 27.4. The Hall–Kier alpha value is -12.5. The van der Waals surface area contributed by atoms with Crippen LogP contribution in [0.1, 0.15) is 0 Å². The molecular weight excluding hydrogens is 1140 g/mol. The van der Waals surface area contributed by atoms with Crippen molar-refractivity contribution in [3.63, 3.8) is 0 Å². The summed E-state index contributed by atoms with van der Waals surface area (Å²) in [6.45, 7) is -0.0876. The van der Waals surface area contributed by atoms with Crippen molar-refractivity contribution < 1.29 is 18.9 Å². The van der Waals surface area contributed by atoms with E-state index in [2.05, 4.69) is 287 Å². The third-order valence-electron chi connectivity index (χ3n) is 16.5. The van der Waals surface area contributed by atoms with Crippen LogP contribution in [0, 0.1) is 0 Å². The third kappa shape index (κ3) is 11.8. The number of hydrogen-bond acceptors (Lipinski definition) is 8. The standard InChI is InChI=1S/C42H29BN2O2.C42H32N2O2/c1-5-17-30(18-6-1)44(31-19-7-2-8-20-31)36-29-37(45(32-21-9-3-10-22-32)33-23-11-4-12-24-33)42-40-41(36)46-38-27-15-13-25-34(38)43(40)35-26-14-16-28-39(35)47-42;1-7-19-33(20-8-1)43(34-21-9-2-10-22-34)39-31-40(44(35-23-11-3-12-24-35)36-25-13-4-14-26-36)42(46-38-29-17-6-18-30-38)32-41(39)45-37-27-15-5-16-28-37/h1-29H;1-32H. The first kappa shape index (κ1) is 57.0. The summed E-state index contributed by atoms with van der Waals surface area (Å²) in [6, 6.07) is 126. The molecule has 0 amide bonds. The van der Waals surface area contributed by atoms with Gasteiger partial charge in [0.2, 0.25) is 0 Å². The molecule has 0 aromatic heterocycles. The molecule has 14 aromatic rings. The monoisotopic (exact) mass is 1200 g/mol. The molecule has 0 saturated heterocycles. The summed E-state index contributed by atoms with van der Waals surface area (Å²) in [6.07, 6.45) is 0. The molecule has 0 aliphatic carbocycles. The molecule has 2 aliphatic heterocycles. The zero-order valence-electron chi connectivity index (χ0n) is 50.7. The van der Waals surface area contributed by atoms with Crippen LogP contribution in [0.5, 0.6) is 46.0 Å². The van der Waals surface area contributed by atoms with Crippen molar-refractivity contribution in [2.75, 3.05) is 19.6 Å². The lowest BCUT2D eigenvalue weighted by molar-refractivity contribution is 0.462. The van der Waals surface area contributed by atoms with E-state index < -0.39 is 0 Å². The molecule has 14 aromatic carbocycles. The minimum atomic E-state index is -0.0876. The highest BCUT2D eigenvalue weighted by atomic mass is 16.5. The number of benzene rings is 14. The molecule has 444 valence electrons. The molecule has 9 heteroatoms. The fraction of sp³-hybridized carbons (Fsp3) is 0. The van der Waals surface area contributed by atoms with Gasteiger partial charge in [-0.2, -0.15) is 0 Å². The van der Waals surface area contributed by atoms with Gasteiger partial charge in [0, 0.05) is 57.0 Å². The molecule has 0 bridgehead atoms. The van der Waals surface area contributed by atoms with E-state index >= 15 is 0 Å². The molecule has 2 heterocycles. The van der Waals surface area contributed by atoms with Crippen molar-refractivity contribution in [3.8, 4) is 46.0 Å². The Bertz CT molecular complexity index is 4340. The number of para-hydroxylation sites is 12. The number of fused-ring (bicyclic) bond motifs is 4. The number of rotatable bonds is 16. The topological polar surface area (TPSA) is 49.9 Å². The van der Waals surface area contributed by atoms with E-state index in [4.69, 9.17) is 18.9 Å². The third-order valence-corrected chi connectivity index (χ3v) is 16.5. The van der Waals surface area contributed by atoms with E-state index in [9.17, 15) is 0 Å². The molecular formula is C84H61BN4O4. The summed E-state index contributed by atoms with van der Waals surface area (Å²) in [5.74, 6) is 6.03. The van der Waals surface area contributed by atoms with Crippen molar-refractivity contribution in [2.45, 2.75) is 0 Å². The largest absolute Gasteiger partial charge is 0.456 e. The van der Waals surface area contributed by atoms with Gasteiger partial charge in [-0.25, -0.2) is 0 Å². The molecule has 16 rings (SSSR count). The first-order chi connectivity index (χ1) is 46.2. The number of nitrogens with zero attached hydrogens (tertiary/aromatic N) is 4. The highest BCUT2D eigenvalue weighted by Gasteiger charge is 2.44. The van der Waals surface area contributed by atoms with Crippen molar-refractivity contribution in [1.29, 1.82) is 0 Å². The van der Waals surface area contributed by atoms with E-state index in [0.717, 1.165) is 119 Å². The Kier molecular flexibility index (Phi) is 16.1. The van der Waals surface area contributed by atoms with Gasteiger partial charge in [-0.05, 0) is 157 Å². The lowest BCUT2D eigenvalue weighted by atomic mass is 9.34. The quantitative estimate of drug-likeness (QED) is 0.0887. The Morgan fingerprint density at radius 3 is 0.731 bits per heavy atom. The lowest BCUT2D eigenvalue weighted by Gasteiger charge is -2.39. The molecule has 0 unspecified atom stereocenters. The van der Waals surface area contributed by atoms with Gasteiger partial charge in [0.15, 0.2) is 23.0 Å². The lowest BCUT2D eigenvalue weighted by Crippen LogP contribution is -2.57. The maximum atomic E-state index is 7.00. The van der Waals surface area contributed by atoms with E-state index in [0.29, 0.717) is 11.5 Å². The fourth-order valence-electron chi connectivity index (χ4n) is 12.4. The molecule has 0 radical (unpaired) electrons. The van der Waals surface area contributed by atoms with Crippen LogP contribution in [0.2, 0.25) is 0 Å². The van der Waals surface area contributed by atoms with Gasteiger partial charge in [-0.3, -0.25) is 0 Å². The van der Waals surface area contributed by atoms with Crippen molar-refractivity contribution in [1.82, 2.24) is 0 Å². The molecule has 0 spiro atoms. The Morgan fingerprint density at radius 1 is 0.226 bits per heavy atom. The molecule has 0 saturated carbocycles. The SMILES string of the molecule is c1ccc(N(c2ccccc2)c2cc(N(c3ccccc3)c3ccccc3)c3c4c2Oc2ccccc2B4c2ccccc2O3)cc1.c1ccc(Oc2cc(Oc3ccccc3)c(N(c3ccccc3)c3ccccc3)cc2N(c2ccccc2)c2ccccc2)cc1. The van der Waals surface area contributed by atoms with Gasteiger partial charge < -0.3 is 38.5 Å². The van der Waals surface area contributed by atoms with E-state index in [1.54, 1.807) is 0 Å². The van der Waals surface area contributed by atoms with Gasteiger partial charge in [0.05, 0.1) is 22.7 Å². The van der Waals surface area contributed by atoms with Gasteiger partial charge >= 0.3 is 0 Å². The molecule has 93 heavy (non-hydrogen) atoms. The summed E-state index contributed by atoms with van der Waals surface area (Å²) in [5.41, 5.74) is 14.9. The second kappa shape index (κ2) is 26.3. The second-order valence-electron chi connectivity index (χ2n) is 22.3. The van der Waals surface area contributed by atoms with Gasteiger partial charge in [0.1, 0.15) is 23.0 Å². The average Bonchev–Trinajstić information content (AvgIpc) is 0.727. The summed E-state index contributed by atoms with van der Waals surface area (Å²) >= 11 is 0. The van der Waals surface area contributed by atoms with Crippen LogP contribution in [0.15, 0.2) is 370 Å².